The summed E-state index contributed by atoms with van der Waals surface area (Å²) in [5.74, 6) is -0.127. The fourth-order valence-corrected chi connectivity index (χ4v) is 4.49. The number of aliphatic hydroxyl groups excluding tert-OH is 1. The minimum absolute atomic E-state index is 0.0300. The molecule has 1 saturated carbocycles. The van der Waals surface area contributed by atoms with Crippen molar-refractivity contribution in [2.75, 3.05) is 0 Å². The van der Waals surface area contributed by atoms with Crippen molar-refractivity contribution in [1.29, 1.82) is 0 Å². The van der Waals surface area contributed by atoms with Gasteiger partial charge >= 0.3 is 0 Å². The van der Waals surface area contributed by atoms with Gasteiger partial charge in [-0.25, -0.2) is 0 Å². The maximum Gasteiger partial charge on any atom is 0.154 e. The molecule has 0 bridgehead atoms. The highest BCUT2D eigenvalue weighted by molar-refractivity contribution is 6.33. The van der Waals surface area contributed by atoms with E-state index in [0.717, 1.165) is 6.42 Å². The molecule has 1 aromatic rings. The zero-order valence-corrected chi connectivity index (χ0v) is 18.5. The second kappa shape index (κ2) is 8.88. The third-order valence-corrected chi connectivity index (χ3v) is 7.56. The maximum absolute atomic E-state index is 12.2. The molecule has 0 heterocycles. The molecule has 0 aromatic heterocycles. The third kappa shape index (κ3) is 4.36. The Labute approximate surface area is 177 Å². The summed E-state index contributed by atoms with van der Waals surface area (Å²) >= 11 is 6.09. The number of hydrogen-bond donors (Lipinski definition) is 3. The number of phenols is 2. The highest BCUT2D eigenvalue weighted by Crippen LogP contribution is 2.47. The lowest BCUT2D eigenvalue weighted by molar-refractivity contribution is -0.133. The van der Waals surface area contributed by atoms with Gasteiger partial charge in [0.05, 0.1) is 16.7 Å². The van der Waals surface area contributed by atoms with Crippen LogP contribution in [0.3, 0.4) is 0 Å². The van der Waals surface area contributed by atoms with Gasteiger partial charge in [-0.1, -0.05) is 38.4 Å². The van der Waals surface area contributed by atoms with Gasteiger partial charge in [0, 0.05) is 17.9 Å². The Kier molecular flexibility index (Phi) is 7.18. The minimum atomic E-state index is -0.758. The zero-order valence-electron chi connectivity index (χ0n) is 17.8. The first kappa shape index (κ1) is 23.4. The van der Waals surface area contributed by atoms with Crippen molar-refractivity contribution < 1.29 is 24.9 Å². The Morgan fingerprint density at radius 3 is 2.52 bits per heavy atom. The van der Waals surface area contributed by atoms with Gasteiger partial charge in [-0.2, -0.15) is 0 Å². The van der Waals surface area contributed by atoms with Crippen LogP contribution in [0.15, 0.2) is 11.6 Å². The number of aliphatic hydroxyl groups is 1. The van der Waals surface area contributed by atoms with Gasteiger partial charge in [0.2, 0.25) is 0 Å². The van der Waals surface area contributed by atoms with Gasteiger partial charge in [0.25, 0.3) is 0 Å². The van der Waals surface area contributed by atoms with E-state index in [4.69, 9.17) is 11.6 Å². The smallest absolute Gasteiger partial charge is 0.154 e. The lowest BCUT2D eigenvalue weighted by atomic mass is 9.59. The maximum atomic E-state index is 12.2. The molecule has 6 heteroatoms. The Morgan fingerprint density at radius 2 is 1.93 bits per heavy atom. The molecule has 1 aromatic carbocycles. The molecule has 4 atom stereocenters. The summed E-state index contributed by atoms with van der Waals surface area (Å²) in [6.45, 7) is 9.45. The highest BCUT2D eigenvalue weighted by atomic mass is 35.5. The van der Waals surface area contributed by atoms with E-state index in [1.165, 1.54) is 0 Å². The van der Waals surface area contributed by atoms with E-state index < -0.39 is 6.10 Å². The van der Waals surface area contributed by atoms with Crippen LogP contribution >= 0.6 is 11.6 Å². The van der Waals surface area contributed by atoms with Crippen LogP contribution in [0.2, 0.25) is 5.02 Å². The largest absolute Gasteiger partial charge is 0.507 e. The van der Waals surface area contributed by atoms with E-state index in [-0.39, 0.29) is 51.2 Å². The lowest BCUT2D eigenvalue weighted by Gasteiger charge is -2.45. The predicted octanol–water partition coefficient (Wildman–Crippen LogP) is 4.75. The van der Waals surface area contributed by atoms with Crippen molar-refractivity contribution in [3.05, 3.63) is 33.4 Å². The number of hydrogen-bond acceptors (Lipinski definition) is 5. The van der Waals surface area contributed by atoms with Gasteiger partial charge < -0.3 is 15.3 Å². The Morgan fingerprint density at radius 1 is 1.31 bits per heavy atom. The van der Waals surface area contributed by atoms with Crippen LogP contribution in [-0.4, -0.2) is 33.5 Å². The van der Waals surface area contributed by atoms with E-state index in [9.17, 15) is 24.9 Å². The summed E-state index contributed by atoms with van der Waals surface area (Å²) < 4.78 is 0. The lowest BCUT2D eigenvalue weighted by Crippen LogP contribution is -2.43. The van der Waals surface area contributed by atoms with E-state index in [1.54, 1.807) is 19.9 Å². The van der Waals surface area contributed by atoms with Crippen molar-refractivity contribution in [1.82, 2.24) is 0 Å². The molecule has 0 saturated heterocycles. The van der Waals surface area contributed by atoms with Crippen LogP contribution < -0.4 is 0 Å². The van der Waals surface area contributed by atoms with E-state index in [1.807, 2.05) is 6.92 Å². The number of phenolic OH excluding ortho intramolecular Hbond substituents is 2. The van der Waals surface area contributed by atoms with E-state index in [0.29, 0.717) is 36.2 Å². The number of halogens is 1. The summed E-state index contributed by atoms with van der Waals surface area (Å²) in [6.07, 6.45) is 3.45. The number of aromatic hydroxyl groups is 2. The number of rotatable bonds is 6. The van der Waals surface area contributed by atoms with Crippen molar-refractivity contribution in [3.8, 4) is 11.5 Å². The van der Waals surface area contributed by atoms with Crippen LogP contribution in [0.4, 0.5) is 0 Å². The van der Waals surface area contributed by atoms with Gasteiger partial charge in [-0.05, 0) is 55.6 Å². The Balaban J connectivity index is 2.25. The number of benzene rings is 1. The monoisotopic (exact) mass is 422 g/mol. The fraction of sp³-hybridized carbons (Fsp3) is 0.565. The fourth-order valence-electron chi connectivity index (χ4n) is 4.27. The predicted molar refractivity (Wildman–Crippen MR) is 114 cm³/mol. The highest BCUT2D eigenvalue weighted by Gasteiger charge is 2.44. The van der Waals surface area contributed by atoms with Crippen LogP contribution in [0.5, 0.6) is 11.5 Å². The van der Waals surface area contributed by atoms with Crippen molar-refractivity contribution >= 4 is 23.7 Å². The number of Topliss-reactive ketones (excluding diaryl/α,β-unsaturated/α-hetero) is 1. The molecule has 1 aliphatic rings. The molecule has 0 amide bonds. The second-order valence-electron chi connectivity index (χ2n) is 8.65. The van der Waals surface area contributed by atoms with Crippen molar-refractivity contribution in [2.24, 2.45) is 17.3 Å². The van der Waals surface area contributed by atoms with Gasteiger partial charge in [-0.3, -0.25) is 9.59 Å². The number of carbonyl (C=O) groups excluding carboxylic acids is 2. The summed E-state index contributed by atoms with van der Waals surface area (Å²) in [4.78, 5) is 23.5. The zero-order chi connectivity index (χ0) is 22.1. The SMILES string of the molecule is C/C(=C\Cc1c(O)c(Cl)c(C)c(C=O)c1O)[C@H](O)C[C@]1(C)[C@H](C)CCC(=O)[C@@H]1C. The molecule has 0 unspecified atom stereocenters. The first-order chi connectivity index (χ1) is 13.5. The molecular formula is C23H31ClO5. The van der Waals surface area contributed by atoms with Gasteiger partial charge in [0.1, 0.15) is 17.3 Å². The first-order valence-corrected chi connectivity index (χ1v) is 10.4. The molecule has 29 heavy (non-hydrogen) atoms. The second-order valence-corrected chi connectivity index (χ2v) is 9.03. The van der Waals surface area contributed by atoms with Gasteiger partial charge in [0.15, 0.2) is 6.29 Å². The van der Waals surface area contributed by atoms with E-state index in [2.05, 4.69) is 13.8 Å². The number of carbonyl (C=O) groups is 2. The number of aldehydes is 1. The first-order valence-electron chi connectivity index (χ1n) is 10.0. The number of ketones is 1. The average Bonchev–Trinajstić information content (AvgIpc) is 2.68. The molecule has 0 aliphatic heterocycles. The molecule has 1 fully saturated rings. The molecular weight excluding hydrogens is 392 g/mol. The van der Waals surface area contributed by atoms with Crippen molar-refractivity contribution in [2.45, 2.75) is 66.4 Å². The van der Waals surface area contributed by atoms with Crippen LogP contribution in [0.25, 0.3) is 0 Å². The quantitative estimate of drug-likeness (QED) is 0.454. The standard InChI is InChI=1S/C23H31ClO5/c1-12(19(27)10-23(5)13(2)7-9-18(26)15(23)4)6-8-16-21(28)17(11-25)14(3)20(24)22(16)29/h6,11,13,15,19,27-29H,7-10H2,1-5H3/b12-6+/t13-,15+,19-,23-/m1/s1. The summed E-state index contributed by atoms with van der Waals surface area (Å²) in [7, 11) is 0. The van der Waals surface area contributed by atoms with Gasteiger partial charge in [-0.15, -0.1) is 0 Å². The summed E-state index contributed by atoms with van der Waals surface area (Å²) in [5, 5.41) is 31.5. The Bertz CT molecular complexity index is 844. The van der Waals surface area contributed by atoms with Crippen LogP contribution in [0, 0.1) is 24.2 Å². The van der Waals surface area contributed by atoms with Crippen LogP contribution in [-0.2, 0) is 11.2 Å². The topological polar surface area (TPSA) is 94.8 Å². The van der Waals surface area contributed by atoms with E-state index >= 15 is 0 Å². The minimum Gasteiger partial charge on any atom is -0.507 e. The van der Waals surface area contributed by atoms with Crippen molar-refractivity contribution in [3.63, 3.8) is 0 Å². The summed E-state index contributed by atoms with van der Waals surface area (Å²) in [6, 6.07) is 0. The normalized spacial score (nSPS) is 26.4. The average molecular weight is 423 g/mol. The third-order valence-electron chi connectivity index (χ3n) is 7.09. The molecule has 1 aliphatic carbocycles. The number of allylic oxidation sites excluding steroid dienone is 1. The molecule has 2 rings (SSSR count). The molecule has 0 spiro atoms. The molecule has 160 valence electrons. The molecule has 0 radical (unpaired) electrons. The summed E-state index contributed by atoms with van der Waals surface area (Å²) in [5.41, 5.74) is 0.887. The molecule has 5 nitrogen and oxygen atoms in total. The Hall–Kier alpha value is -1.85. The van der Waals surface area contributed by atoms with Crippen LogP contribution in [0.1, 0.15) is 68.4 Å². The molecule has 3 N–H and O–H groups in total.